The van der Waals surface area contributed by atoms with Gasteiger partial charge in [-0.25, -0.2) is 0 Å². The SMILES string of the molecule is COc1ccccc1N[C@H](c1ccccc1OC)c1c(C)[nH]c2ccccc12. The zero-order valence-corrected chi connectivity index (χ0v) is 16.3. The van der Waals surface area contributed by atoms with Gasteiger partial charge in [0.25, 0.3) is 0 Å². The van der Waals surface area contributed by atoms with E-state index in [9.17, 15) is 0 Å². The van der Waals surface area contributed by atoms with Crippen molar-refractivity contribution >= 4 is 16.6 Å². The average molecular weight is 372 g/mol. The minimum atomic E-state index is -0.108. The number of H-pyrrole nitrogens is 1. The highest BCUT2D eigenvalue weighted by Crippen LogP contribution is 2.39. The molecule has 1 aromatic heterocycles. The molecule has 0 unspecified atom stereocenters. The summed E-state index contributed by atoms with van der Waals surface area (Å²) in [5, 5.41) is 4.89. The van der Waals surface area contributed by atoms with Crippen LogP contribution in [-0.2, 0) is 0 Å². The van der Waals surface area contributed by atoms with Gasteiger partial charge in [0.2, 0.25) is 0 Å². The smallest absolute Gasteiger partial charge is 0.141 e. The van der Waals surface area contributed by atoms with Crippen LogP contribution in [0.3, 0.4) is 0 Å². The fourth-order valence-electron chi connectivity index (χ4n) is 3.80. The first-order valence-corrected chi connectivity index (χ1v) is 9.32. The molecule has 0 amide bonds. The van der Waals surface area contributed by atoms with E-state index >= 15 is 0 Å². The van der Waals surface area contributed by atoms with Crippen molar-refractivity contribution in [2.24, 2.45) is 0 Å². The van der Waals surface area contributed by atoms with Crippen molar-refractivity contribution in [2.45, 2.75) is 13.0 Å². The number of methoxy groups -OCH3 is 2. The molecule has 4 aromatic rings. The third-order valence-electron chi connectivity index (χ3n) is 5.09. The van der Waals surface area contributed by atoms with Crippen LogP contribution in [-0.4, -0.2) is 19.2 Å². The Morgan fingerprint density at radius 1 is 0.786 bits per heavy atom. The lowest BCUT2D eigenvalue weighted by Crippen LogP contribution is -2.15. The standard InChI is InChI=1S/C24H24N2O2/c1-16-23(17-10-4-6-12-19(17)25-16)24(18-11-5-8-14-21(18)27-2)26-20-13-7-9-15-22(20)28-3/h4-15,24-26H,1-3H3/t24-/m1/s1. The largest absolute Gasteiger partial charge is 0.496 e. The van der Waals surface area contributed by atoms with Gasteiger partial charge < -0.3 is 19.8 Å². The molecule has 142 valence electrons. The average Bonchev–Trinajstić information content (AvgIpc) is 3.08. The molecule has 0 aliphatic carbocycles. The second kappa shape index (κ2) is 7.69. The molecule has 0 aliphatic rings. The van der Waals surface area contributed by atoms with Crippen molar-refractivity contribution in [3.05, 3.63) is 89.6 Å². The van der Waals surface area contributed by atoms with Crippen LogP contribution < -0.4 is 14.8 Å². The number of aromatic amines is 1. The Morgan fingerprint density at radius 2 is 1.43 bits per heavy atom. The maximum atomic E-state index is 5.69. The van der Waals surface area contributed by atoms with E-state index in [1.54, 1.807) is 14.2 Å². The number of aryl methyl sites for hydroxylation is 1. The summed E-state index contributed by atoms with van der Waals surface area (Å²) in [4.78, 5) is 3.52. The molecular weight excluding hydrogens is 348 g/mol. The molecule has 0 fully saturated rings. The minimum absolute atomic E-state index is 0.108. The molecule has 3 aromatic carbocycles. The monoisotopic (exact) mass is 372 g/mol. The quantitative estimate of drug-likeness (QED) is 0.457. The number of hydrogen-bond donors (Lipinski definition) is 2. The van der Waals surface area contributed by atoms with Crippen molar-refractivity contribution < 1.29 is 9.47 Å². The van der Waals surface area contributed by atoms with Gasteiger partial charge in [-0.15, -0.1) is 0 Å². The van der Waals surface area contributed by atoms with E-state index in [4.69, 9.17) is 9.47 Å². The summed E-state index contributed by atoms with van der Waals surface area (Å²) < 4.78 is 11.3. The Morgan fingerprint density at radius 3 is 2.21 bits per heavy atom. The van der Waals surface area contributed by atoms with Crippen LogP contribution in [0.4, 0.5) is 5.69 Å². The number of para-hydroxylation sites is 4. The van der Waals surface area contributed by atoms with Crippen LogP contribution in [0.1, 0.15) is 22.9 Å². The first-order valence-electron chi connectivity index (χ1n) is 9.32. The maximum absolute atomic E-state index is 5.69. The fourth-order valence-corrected chi connectivity index (χ4v) is 3.80. The van der Waals surface area contributed by atoms with E-state index in [0.29, 0.717) is 0 Å². The van der Waals surface area contributed by atoms with Crippen molar-refractivity contribution in [3.63, 3.8) is 0 Å². The Bertz CT molecular complexity index is 1100. The third-order valence-corrected chi connectivity index (χ3v) is 5.09. The molecule has 0 aliphatic heterocycles. The summed E-state index contributed by atoms with van der Waals surface area (Å²) in [6.07, 6.45) is 0. The number of benzene rings is 3. The molecule has 0 radical (unpaired) electrons. The van der Waals surface area contributed by atoms with Gasteiger partial charge in [-0.3, -0.25) is 0 Å². The van der Waals surface area contributed by atoms with Gasteiger partial charge in [0.15, 0.2) is 0 Å². The van der Waals surface area contributed by atoms with E-state index in [1.807, 2.05) is 48.5 Å². The Labute approximate surface area is 165 Å². The van der Waals surface area contributed by atoms with Gasteiger partial charge in [0.05, 0.1) is 25.9 Å². The summed E-state index contributed by atoms with van der Waals surface area (Å²) >= 11 is 0. The molecule has 4 nitrogen and oxygen atoms in total. The highest BCUT2D eigenvalue weighted by atomic mass is 16.5. The first-order chi connectivity index (χ1) is 13.7. The molecule has 4 heteroatoms. The molecular formula is C24H24N2O2. The lowest BCUT2D eigenvalue weighted by atomic mass is 9.94. The molecule has 2 N–H and O–H groups in total. The molecule has 0 saturated carbocycles. The molecule has 1 heterocycles. The van der Waals surface area contributed by atoms with Crippen molar-refractivity contribution in [1.82, 2.24) is 4.98 Å². The van der Waals surface area contributed by atoms with E-state index < -0.39 is 0 Å². The number of rotatable bonds is 6. The molecule has 0 bridgehead atoms. The van der Waals surface area contributed by atoms with Crippen LogP contribution >= 0.6 is 0 Å². The number of nitrogens with one attached hydrogen (secondary N) is 2. The zero-order chi connectivity index (χ0) is 19.5. The predicted molar refractivity (Wildman–Crippen MR) is 114 cm³/mol. The molecule has 0 saturated heterocycles. The van der Waals surface area contributed by atoms with Gasteiger partial charge in [-0.05, 0) is 31.2 Å². The van der Waals surface area contributed by atoms with Crippen molar-refractivity contribution in [1.29, 1.82) is 0 Å². The summed E-state index contributed by atoms with van der Waals surface area (Å²) in [5.74, 6) is 1.65. The fraction of sp³-hybridized carbons (Fsp3) is 0.167. The van der Waals surface area contributed by atoms with Gasteiger partial charge in [-0.1, -0.05) is 48.5 Å². The second-order valence-corrected chi connectivity index (χ2v) is 6.73. The van der Waals surface area contributed by atoms with Crippen LogP contribution in [0, 0.1) is 6.92 Å². The van der Waals surface area contributed by atoms with Gasteiger partial charge in [0, 0.05) is 27.7 Å². The van der Waals surface area contributed by atoms with Crippen molar-refractivity contribution in [3.8, 4) is 11.5 Å². The Balaban J connectivity index is 1.92. The minimum Gasteiger partial charge on any atom is -0.496 e. The first kappa shape index (κ1) is 18.0. The second-order valence-electron chi connectivity index (χ2n) is 6.73. The molecule has 28 heavy (non-hydrogen) atoms. The topological polar surface area (TPSA) is 46.3 Å². The summed E-state index contributed by atoms with van der Waals surface area (Å²) in [6.45, 7) is 2.11. The van der Waals surface area contributed by atoms with E-state index in [-0.39, 0.29) is 6.04 Å². The summed E-state index contributed by atoms with van der Waals surface area (Å²) in [7, 11) is 3.40. The van der Waals surface area contributed by atoms with Crippen LogP contribution in [0.5, 0.6) is 11.5 Å². The number of ether oxygens (including phenoxy) is 2. The molecule has 1 atom stereocenters. The third kappa shape index (κ3) is 3.18. The Kier molecular flexibility index (Phi) is 4.94. The van der Waals surface area contributed by atoms with E-state index in [1.165, 1.54) is 10.9 Å². The van der Waals surface area contributed by atoms with Crippen molar-refractivity contribution in [2.75, 3.05) is 19.5 Å². The van der Waals surface area contributed by atoms with Gasteiger partial charge in [-0.2, -0.15) is 0 Å². The number of aromatic nitrogens is 1. The lowest BCUT2D eigenvalue weighted by Gasteiger charge is -2.24. The summed E-state index contributed by atoms with van der Waals surface area (Å²) in [5.41, 5.74) is 5.46. The Hall–Kier alpha value is -3.40. The highest BCUT2D eigenvalue weighted by molar-refractivity contribution is 5.86. The predicted octanol–water partition coefficient (Wildman–Crippen LogP) is 5.70. The van der Waals surface area contributed by atoms with Gasteiger partial charge >= 0.3 is 0 Å². The lowest BCUT2D eigenvalue weighted by molar-refractivity contribution is 0.408. The normalized spacial score (nSPS) is 12.0. The van der Waals surface area contributed by atoms with E-state index in [0.717, 1.165) is 34.0 Å². The maximum Gasteiger partial charge on any atom is 0.141 e. The zero-order valence-electron chi connectivity index (χ0n) is 16.3. The number of hydrogen-bond acceptors (Lipinski definition) is 3. The molecule has 4 rings (SSSR count). The molecule has 0 spiro atoms. The van der Waals surface area contributed by atoms with Crippen LogP contribution in [0.25, 0.3) is 10.9 Å². The van der Waals surface area contributed by atoms with Gasteiger partial charge in [0.1, 0.15) is 11.5 Å². The number of fused-ring (bicyclic) bond motifs is 1. The highest BCUT2D eigenvalue weighted by Gasteiger charge is 2.24. The van der Waals surface area contributed by atoms with E-state index in [2.05, 4.69) is 41.5 Å². The van der Waals surface area contributed by atoms with Crippen LogP contribution in [0.15, 0.2) is 72.8 Å². The van der Waals surface area contributed by atoms with Crippen LogP contribution in [0.2, 0.25) is 0 Å². The summed E-state index contributed by atoms with van der Waals surface area (Å²) in [6, 6.07) is 24.4. The number of anilines is 1.